The Kier molecular flexibility index (Phi) is 2.64. The van der Waals surface area contributed by atoms with Crippen molar-refractivity contribution in [1.29, 1.82) is 0 Å². The summed E-state index contributed by atoms with van der Waals surface area (Å²) in [5.74, 6) is -0.360. The molecule has 0 aromatic heterocycles. The van der Waals surface area contributed by atoms with E-state index in [1.54, 1.807) is 0 Å². The highest BCUT2D eigenvalue weighted by molar-refractivity contribution is 5.80. The van der Waals surface area contributed by atoms with Crippen molar-refractivity contribution in [2.75, 3.05) is 0 Å². The van der Waals surface area contributed by atoms with E-state index >= 15 is 0 Å². The molecule has 0 saturated carbocycles. The normalized spacial score (nSPS) is 9.31. The van der Waals surface area contributed by atoms with Gasteiger partial charge in [0, 0.05) is 6.92 Å². The van der Waals surface area contributed by atoms with Gasteiger partial charge in [0.1, 0.15) is 11.5 Å². The van der Waals surface area contributed by atoms with E-state index in [0.29, 0.717) is 6.29 Å². The Hall–Kier alpha value is -1.84. The second kappa shape index (κ2) is 3.71. The van der Waals surface area contributed by atoms with E-state index in [0.717, 1.165) is 0 Å². The Morgan fingerprint density at radius 3 is 2.77 bits per heavy atom. The summed E-state index contributed by atoms with van der Waals surface area (Å²) >= 11 is 0. The second-order valence-electron chi connectivity index (χ2n) is 2.43. The number of hydrogen-bond donors (Lipinski definition) is 1. The Labute approximate surface area is 74.8 Å². The van der Waals surface area contributed by atoms with Crippen LogP contribution in [0.3, 0.4) is 0 Å². The van der Waals surface area contributed by atoms with Gasteiger partial charge in [-0.25, -0.2) is 0 Å². The molecule has 4 heteroatoms. The molecule has 0 heterocycles. The number of esters is 1. The van der Waals surface area contributed by atoms with E-state index in [2.05, 4.69) is 0 Å². The quantitative estimate of drug-likeness (QED) is 0.421. The Balaban J connectivity index is 2.99. The van der Waals surface area contributed by atoms with Crippen molar-refractivity contribution in [2.45, 2.75) is 6.92 Å². The van der Waals surface area contributed by atoms with Crippen molar-refractivity contribution >= 4 is 12.3 Å². The third-order valence-corrected chi connectivity index (χ3v) is 1.39. The number of hydrogen-bond acceptors (Lipinski definition) is 4. The molecule has 0 amide bonds. The summed E-state index contributed by atoms with van der Waals surface area (Å²) in [6.07, 6.45) is 0.488. The lowest BCUT2D eigenvalue weighted by molar-refractivity contribution is -0.131. The van der Waals surface area contributed by atoms with Crippen LogP contribution in [0.25, 0.3) is 0 Å². The Bertz CT molecular complexity index is 343. The summed E-state index contributed by atoms with van der Waals surface area (Å²) < 4.78 is 4.70. The van der Waals surface area contributed by atoms with Gasteiger partial charge in [-0.15, -0.1) is 0 Å². The van der Waals surface area contributed by atoms with Gasteiger partial charge in [-0.05, 0) is 18.2 Å². The summed E-state index contributed by atoms with van der Waals surface area (Å²) in [5, 5.41) is 9.10. The zero-order chi connectivity index (χ0) is 9.84. The van der Waals surface area contributed by atoms with Crippen molar-refractivity contribution in [3.8, 4) is 11.5 Å². The average molecular weight is 180 g/mol. The van der Waals surface area contributed by atoms with E-state index < -0.39 is 5.97 Å². The van der Waals surface area contributed by atoms with Crippen molar-refractivity contribution < 1.29 is 19.4 Å². The topological polar surface area (TPSA) is 63.6 Å². The van der Waals surface area contributed by atoms with Crippen LogP contribution in [0.15, 0.2) is 18.2 Å². The molecule has 0 bridgehead atoms. The smallest absolute Gasteiger partial charge is 0.308 e. The maximum Gasteiger partial charge on any atom is 0.308 e. The van der Waals surface area contributed by atoms with Gasteiger partial charge in [-0.1, -0.05) is 0 Å². The number of ether oxygens (including phenoxy) is 1. The molecule has 1 N–H and O–H groups in total. The average Bonchev–Trinajstić information content (AvgIpc) is 2.07. The first-order chi connectivity index (χ1) is 6.13. The van der Waals surface area contributed by atoms with E-state index in [9.17, 15) is 9.59 Å². The zero-order valence-corrected chi connectivity index (χ0v) is 6.98. The fourth-order valence-electron chi connectivity index (χ4n) is 0.856. The molecule has 0 atom stereocenters. The van der Waals surface area contributed by atoms with Crippen LogP contribution in [0, 0.1) is 0 Å². The first kappa shape index (κ1) is 9.25. The van der Waals surface area contributed by atoms with Gasteiger partial charge in [0.15, 0.2) is 6.29 Å². The van der Waals surface area contributed by atoms with Crippen molar-refractivity contribution in [3.05, 3.63) is 23.8 Å². The molecule has 0 radical (unpaired) electrons. The summed E-state index contributed by atoms with van der Waals surface area (Å²) in [5.41, 5.74) is 0.0961. The highest BCUT2D eigenvalue weighted by Crippen LogP contribution is 2.21. The van der Waals surface area contributed by atoms with Crippen molar-refractivity contribution in [3.63, 3.8) is 0 Å². The summed E-state index contributed by atoms with van der Waals surface area (Å²) in [6.45, 7) is 1.26. The molecular formula is C9H8O4. The Morgan fingerprint density at radius 1 is 1.54 bits per heavy atom. The molecule has 1 aromatic rings. The SMILES string of the molecule is CC(=O)Oc1ccc(O)c(C=O)c1. The zero-order valence-electron chi connectivity index (χ0n) is 6.98. The minimum Gasteiger partial charge on any atom is -0.507 e. The second-order valence-corrected chi connectivity index (χ2v) is 2.43. The van der Waals surface area contributed by atoms with E-state index in [-0.39, 0.29) is 17.1 Å². The predicted molar refractivity (Wildman–Crippen MR) is 44.8 cm³/mol. The molecule has 0 aliphatic heterocycles. The van der Waals surface area contributed by atoms with Gasteiger partial charge in [0.2, 0.25) is 0 Å². The molecule has 0 aliphatic carbocycles. The first-order valence-electron chi connectivity index (χ1n) is 3.60. The van der Waals surface area contributed by atoms with Gasteiger partial charge in [-0.3, -0.25) is 9.59 Å². The van der Waals surface area contributed by atoms with Crippen LogP contribution < -0.4 is 4.74 Å². The van der Waals surface area contributed by atoms with Gasteiger partial charge in [0.25, 0.3) is 0 Å². The highest BCUT2D eigenvalue weighted by atomic mass is 16.5. The molecule has 0 fully saturated rings. The number of carbonyl (C=O) groups is 2. The molecule has 1 rings (SSSR count). The van der Waals surface area contributed by atoms with E-state index in [1.807, 2.05) is 0 Å². The molecule has 68 valence electrons. The standard InChI is InChI=1S/C9H8O4/c1-6(11)13-8-2-3-9(12)7(4-8)5-10/h2-5,12H,1H3. The molecule has 13 heavy (non-hydrogen) atoms. The fraction of sp³-hybridized carbons (Fsp3) is 0.111. The summed E-state index contributed by atoms with van der Waals surface area (Å²) in [6, 6.07) is 4.00. The first-order valence-corrected chi connectivity index (χ1v) is 3.60. The van der Waals surface area contributed by atoms with Crippen LogP contribution in [0.4, 0.5) is 0 Å². The number of carbonyl (C=O) groups excluding carboxylic acids is 2. The molecule has 0 aliphatic rings. The maximum atomic E-state index is 10.5. The van der Waals surface area contributed by atoms with Crippen LogP contribution >= 0.6 is 0 Å². The monoisotopic (exact) mass is 180 g/mol. The minimum atomic E-state index is -0.470. The lowest BCUT2D eigenvalue weighted by atomic mass is 10.2. The number of phenols is 1. The molecule has 0 unspecified atom stereocenters. The molecule has 1 aromatic carbocycles. The lowest BCUT2D eigenvalue weighted by Gasteiger charge is -2.02. The maximum absolute atomic E-state index is 10.5. The number of aldehydes is 1. The van der Waals surface area contributed by atoms with E-state index in [4.69, 9.17) is 9.84 Å². The number of rotatable bonds is 2. The third-order valence-electron chi connectivity index (χ3n) is 1.39. The molecule has 0 spiro atoms. The minimum absolute atomic E-state index is 0.0961. The van der Waals surface area contributed by atoms with Gasteiger partial charge in [0.05, 0.1) is 5.56 Å². The van der Waals surface area contributed by atoms with Crippen molar-refractivity contribution in [2.24, 2.45) is 0 Å². The molecule has 0 saturated heterocycles. The summed E-state index contributed by atoms with van der Waals surface area (Å²) in [7, 11) is 0. The third kappa shape index (κ3) is 2.30. The van der Waals surface area contributed by atoms with Crippen LogP contribution in [0.1, 0.15) is 17.3 Å². The van der Waals surface area contributed by atoms with Crippen LogP contribution in [-0.4, -0.2) is 17.4 Å². The van der Waals surface area contributed by atoms with Crippen molar-refractivity contribution in [1.82, 2.24) is 0 Å². The predicted octanol–water partition coefficient (Wildman–Crippen LogP) is 1.13. The van der Waals surface area contributed by atoms with E-state index in [1.165, 1.54) is 25.1 Å². The van der Waals surface area contributed by atoms with Crippen LogP contribution in [0.2, 0.25) is 0 Å². The van der Waals surface area contributed by atoms with Gasteiger partial charge < -0.3 is 9.84 Å². The van der Waals surface area contributed by atoms with Gasteiger partial charge in [-0.2, -0.15) is 0 Å². The highest BCUT2D eigenvalue weighted by Gasteiger charge is 2.03. The number of aromatic hydroxyl groups is 1. The summed E-state index contributed by atoms with van der Waals surface area (Å²) in [4.78, 5) is 20.9. The fourth-order valence-corrected chi connectivity index (χ4v) is 0.856. The van der Waals surface area contributed by atoms with Crippen LogP contribution in [0.5, 0.6) is 11.5 Å². The largest absolute Gasteiger partial charge is 0.507 e. The number of phenolic OH excluding ortho intramolecular Hbond substituents is 1. The van der Waals surface area contributed by atoms with Crippen LogP contribution in [-0.2, 0) is 4.79 Å². The lowest BCUT2D eigenvalue weighted by Crippen LogP contribution is -2.01. The number of benzene rings is 1. The molecular weight excluding hydrogens is 172 g/mol. The molecule has 4 nitrogen and oxygen atoms in total. The Morgan fingerprint density at radius 2 is 2.23 bits per heavy atom. The van der Waals surface area contributed by atoms with Gasteiger partial charge >= 0.3 is 5.97 Å².